The van der Waals surface area contributed by atoms with Crippen LogP contribution in [0.3, 0.4) is 0 Å². The van der Waals surface area contributed by atoms with E-state index in [0.29, 0.717) is 13.2 Å². The van der Waals surface area contributed by atoms with E-state index in [1.165, 1.54) is 0 Å². The molecule has 1 fully saturated rings. The van der Waals surface area contributed by atoms with Crippen LogP contribution in [0.15, 0.2) is 11.8 Å². The number of hydrogen-bond donors (Lipinski definition) is 0. The lowest BCUT2D eigenvalue weighted by Gasteiger charge is -2.44. The summed E-state index contributed by atoms with van der Waals surface area (Å²) in [5.41, 5.74) is 2.25. The first-order valence-electron chi connectivity index (χ1n) is 7.90. The highest BCUT2D eigenvalue weighted by Gasteiger charge is 2.47. The zero-order valence-corrected chi connectivity index (χ0v) is 16.4. The van der Waals surface area contributed by atoms with Gasteiger partial charge < -0.3 is 28.4 Å². The Hall–Kier alpha value is -0.283. The van der Waals surface area contributed by atoms with Crippen molar-refractivity contribution in [2.24, 2.45) is 0 Å². The van der Waals surface area contributed by atoms with Gasteiger partial charge in [-0.2, -0.15) is 0 Å². The summed E-state index contributed by atoms with van der Waals surface area (Å²) in [5, 5.41) is 0. The highest BCUT2D eigenvalue weighted by Crippen LogP contribution is 2.28. The molecule has 0 radical (unpaired) electrons. The Kier molecular flexibility index (Phi) is 8.92. The van der Waals surface area contributed by atoms with Gasteiger partial charge in [0.05, 0.1) is 21.3 Å². The van der Waals surface area contributed by atoms with Gasteiger partial charge in [-0.25, -0.2) is 0 Å². The molecule has 0 aromatic carbocycles. The van der Waals surface area contributed by atoms with E-state index in [9.17, 15) is 0 Å². The van der Waals surface area contributed by atoms with E-state index in [0.717, 1.165) is 0 Å². The highest BCUT2D eigenvalue weighted by atomic mass is 28.3. The molecule has 7 heteroatoms. The molecular formula is C16H32O6Si. The van der Waals surface area contributed by atoms with Crippen molar-refractivity contribution in [1.29, 1.82) is 0 Å². The Morgan fingerprint density at radius 3 is 2.04 bits per heavy atom. The average molecular weight is 349 g/mol. The molecule has 0 spiro atoms. The van der Waals surface area contributed by atoms with Crippen LogP contribution in [-0.2, 0) is 28.4 Å². The van der Waals surface area contributed by atoms with E-state index in [-0.39, 0.29) is 24.4 Å². The van der Waals surface area contributed by atoms with Crippen LogP contribution in [0, 0.1) is 0 Å². The summed E-state index contributed by atoms with van der Waals surface area (Å²) in [7, 11) is 5.28. The minimum atomic E-state index is -1.23. The van der Waals surface area contributed by atoms with E-state index < -0.39 is 14.4 Å². The predicted molar refractivity (Wildman–Crippen MR) is 91.4 cm³/mol. The fourth-order valence-electron chi connectivity index (χ4n) is 2.66. The van der Waals surface area contributed by atoms with Gasteiger partial charge in [-0.1, -0.05) is 31.4 Å². The molecule has 0 aromatic rings. The van der Waals surface area contributed by atoms with Gasteiger partial charge in [-0.3, -0.25) is 0 Å². The van der Waals surface area contributed by atoms with Gasteiger partial charge in [0.25, 0.3) is 0 Å². The summed E-state index contributed by atoms with van der Waals surface area (Å²) in [5.74, 6) is 0. The van der Waals surface area contributed by atoms with Gasteiger partial charge >= 0.3 is 0 Å². The first-order valence-corrected chi connectivity index (χ1v) is 11.5. The molecule has 0 amide bonds. The predicted octanol–water partition coefficient (Wildman–Crippen LogP) is 1.85. The van der Waals surface area contributed by atoms with Crippen molar-refractivity contribution in [3.05, 3.63) is 11.8 Å². The molecule has 1 saturated heterocycles. The number of rotatable bonds is 9. The molecular weight excluding hydrogens is 316 g/mol. The minimum Gasteiger partial charge on any atom is -0.382 e. The molecule has 1 aliphatic rings. The molecule has 0 N–H and O–H groups in total. The molecule has 0 aliphatic carbocycles. The summed E-state index contributed by atoms with van der Waals surface area (Å²) in [6, 6.07) is 0. The van der Waals surface area contributed by atoms with Crippen LogP contribution in [0.1, 0.15) is 0 Å². The van der Waals surface area contributed by atoms with Crippen molar-refractivity contribution in [3.8, 4) is 0 Å². The number of hydrogen-bond acceptors (Lipinski definition) is 6. The molecule has 1 aliphatic heterocycles. The Morgan fingerprint density at radius 1 is 0.913 bits per heavy atom. The van der Waals surface area contributed by atoms with Gasteiger partial charge in [0.1, 0.15) is 24.4 Å². The molecule has 0 saturated carbocycles. The molecule has 0 bridgehead atoms. The maximum Gasteiger partial charge on any atom is 0.186 e. The van der Waals surface area contributed by atoms with Gasteiger partial charge in [-0.05, 0) is 0 Å². The molecule has 6 nitrogen and oxygen atoms in total. The standard InChI is InChI=1S/C16H32O6Si/c1-17-11-12-13(18-2)14(19-3)15(16(20-4)22-12)21-9-8-10-23(5,6)7/h8,10,12-16H,9,11H2,1-7H3/b10-8-/t12-,13-,14+,15-,16-/m1/s1. The van der Waals surface area contributed by atoms with Gasteiger partial charge in [0.15, 0.2) is 6.29 Å². The second-order valence-electron chi connectivity index (χ2n) is 6.70. The average Bonchev–Trinajstić information content (AvgIpc) is 2.50. The highest BCUT2D eigenvalue weighted by molar-refractivity contribution is 6.80. The number of methoxy groups -OCH3 is 4. The Labute approximate surface area is 141 Å². The molecule has 5 atom stereocenters. The lowest BCUT2D eigenvalue weighted by Crippen LogP contribution is -2.61. The normalized spacial score (nSPS) is 32.6. The van der Waals surface area contributed by atoms with Crippen LogP contribution >= 0.6 is 0 Å². The van der Waals surface area contributed by atoms with Crippen molar-refractivity contribution < 1.29 is 28.4 Å². The lowest BCUT2D eigenvalue weighted by molar-refractivity contribution is -0.309. The second kappa shape index (κ2) is 9.88. The minimum absolute atomic E-state index is 0.266. The van der Waals surface area contributed by atoms with Crippen LogP contribution in [0.25, 0.3) is 0 Å². The fraction of sp³-hybridized carbons (Fsp3) is 0.875. The Balaban J connectivity index is 2.79. The van der Waals surface area contributed by atoms with E-state index >= 15 is 0 Å². The molecule has 0 aromatic heterocycles. The Bertz CT molecular complexity index is 357. The zero-order valence-electron chi connectivity index (χ0n) is 15.4. The smallest absolute Gasteiger partial charge is 0.186 e. The monoisotopic (exact) mass is 348 g/mol. The topological polar surface area (TPSA) is 55.4 Å². The van der Waals surface area contributed by atoms with Crippen LogP contribution in [0.2, 0.25) is 19.6 Å². The maximum absolute atomic E-state index is 5.98. The van der Waals surface area contributed by atoms with Crippen molar-refractivity contribution in [1.82, 2.24) is 0 Å². The van der Waals surface area contributed by atoms with Crippen molar-refractivity contribution >= 4 is 8.07 Å². The van der Waals surface area contributed by atoms with Crippen LogP contribution < -0.4 is 0 Å². The largest absolute Gasteiger partial charge is 0.382 e. The molecule has 1 rings (SSSR count). The zero-order chi connectivity index (χ0) is 17.5. The van der Waals surface area contributed by atoms with Crippen molar-refractivity contribution in [3.63, 3.8) is 0 Å². The van der Waals surface area contributed by atoms with Gasteiger partial charge in [-0.15, -0.1) is 0 Å². The third-order valence-corrected chi connectivity index (χ3v) is 4.94. The first kappa shape index (κ1) is 20.8. The van der Waals surface area contributed by atoms with Crippen molar-refractivity contribution in [2.75, 3.05) is 41.7 Å². The van der Waals surface area contributed by atoms with Crippen LogP contribution in [0.4, 0.5) is 0 Å². The molecule has 1 heterocycles. The van der Waals surface area contributed by atoms with Gasteiger partial charge in [0, 0.05) is 28.4 Å². The van der Waals surface area contributed by atoms with E-state index in [4.69, 9.17) is 28.4 Å². The molecule has 136 valence electrons. The third kappa shape index (κ3) is 6.26. The van der Waals surface area contributed by atoms with E-state index in [1.807, 2.05) is 0 Å². The Morgan fingerprint density at radius 2 is 1.57 bits per heavy atom. The first-order chi connectivity index (χ1) is 10.9. The van der Waals surface area contributed by atoms with Crippen LogP contribution in [-0.4, -0.2) is 80.4 Å². The molecule has 23 heavy (non-hydrogen) atoms. The van der Waals surface area contributed by atoms with E-state index in [2.05, 4.69) is 31.4 Å². The SMILES string of the molecule is COC[C@H]1O[C@@H](OC)[C@H](OC/C=C\[Si](C)(C)C)[C@@H](OC)[C@@H]1OC. The van der Waals surface area contributed by atoms with Gasteiger partial charge in [0.2, 0.25) is 0 Å². The summed E-state index contributed by atoms with van der Waals surface area (Å²) in [4.78, 5) is 0. The van der Waals surface area contributed by atoms with E-state index in [1.54, 1.807) is 28.4 Å². The summed E-state index contributed by atoms with van der Waals surface area (Å²) < 4.78 is 33.8. The maximum atomic E-state index is 5.98. The summed E-state index contributed by atoms with van der Waals surface area (Å²) in [6.45, 7) is 7.72. The quantitative estimate of drug-likeness (QED) is 0.593. The fourth-order valence-corrected chi connectivity index (χ4v) is 3.47. The number of ether oxygens (including phenoxy) is 6. The van der Waals surface area contributed by atoms with Crippen molar-refractivity contribution in [2.45, 2.75) is 50.3 Å². The van der Waals surface area contributed by atoms with Crippen LogP contribution in [0.5, 0.6) is 0 Å². The molecule has 0 unspecified atom stereocenters. The second-order valence-corrected chi connectivity index (χ2v) is 11.8. The lowest BCUT2D eigenvalue weighted by atomic mass is 9.98. The third-order valence-electron chi connectivity index (χ3n) is 3.70. The summed E-state index contributed by atoms with van der Waals surface area (Å²) in [6.07, 6.45) is 0.337. The summed E-state index contributed by atoms with van der Waals surface area (Å²) >= 11 is 0.